The SMILES string of the molecule is [2H]c1c([2H])c([2H])c(-c2c([2H])c([2H])c3c4c([2H])c([2H])c([2H])c([2H])c4n(-c4nc(-c5cccc(-c6ccc(-c7cccc8c7sc7ccccc78)cc6)c5)nc(-n5c6c([2H])c([2H])c([2H])c([2H])c6c6c([2H])c([2H])c([2H])c([2H])c65)n4)c3c2[2H])c([2H])c1[2H]. The predicted molar refractivity (Wildman–Crippen MR) is 263 cm³/mol. The topological polar surface area (TPSA) is 48.5 Å². The van der Waals surface area contributed by atoms with Gasteiger partial charge >= 0.3 is 0 Å². The van der Waals surface area contributed by atoms with Crippen LogP contribution >= 0.6 is 11.3 Å². The molecule has 0 amide bonds. The van der Waals surface area contributed by atoms with Gasteiger partial charge in [-0.05, 0) is 69.7 Å². The Bertz CT molecular complexity index is 5010. The summed E-state index contributed by atoms with van der Waals surface area (Å²) in [4.78, 5) is 14.6. The molecule has 13 aromatic rings. The second kappa shape index (κ2) is 14.2. The monoisotopic (exact) mass is 841 g/mol. The molecule has 0 spiro atoms. The molecule has 5 nitrogen and oxygen atoms in total. The van der Waals surface area contributed by atoms with Crippen LogP contribution in [0, 0.1) is 0 Å². The Labute approximate surface area is 394 Å². The van der Waals surface area contributed by atoms with E-state index in [9.17, 15) is 9.60 Å². The zero-order valence-electron chi connectivity index (χ0n) is 52.3. The molecule has 0 fully saturated rings. The van der Waals surface area contributed by atoms with Gasteiger partial charge in [0.15, 0.2) is 5.82 Å². The number of para-hydroxylation sites is 3. The second-order valence-corrected chi connectivity index (χ2v) is 15.6. The summed E-state index contributed by atoms with van der Waals surface area (Å²) in [7, 11) is 0. The van der Waals surface area contributed by atoms with Crippen LogP contribution in [-0.2, 0) is 0 Å². The van der Waals surface area contributed by atoms with Gasteiger partial charge in [0, 0.05) is 47.3 Å². The van der Waals surface area contributed by atoms with Crippen LogP contribution in [0.4, 0.5) is 0 Å². The van der Waals surface area contributed by atoms with Crippen LogP contribution in [0.3, 0.4) is 0 Å². The van der Waals surface area contributed by atoms with Gasteiger partial charge in [0.05, 0.1) is 49.5 Å². The van der Waals surface area contributed by atoms with Gasteiger partial charge in [-0.1, -0.05) is 176 Å². The van der Waals surface area contributed by atoms with Crippen LogP contribution in [0.1, 0.15) is 27.4 Å². The summed E-state index contributed by atoms with van der Waals surface area (Å²) in [6.45, 7) is 0. The van der Waals surface area contributed by atoms with Crippen molar-refractivity contribution in [1.82, 2.24) is 24.1 Å². The Balaban J connectivity index is 1.14. The van der Waals surface area contributed by atoms with E-state index in [1.807, 2.05) is 48.5 Å². The van der Waals surface area contributed by atoms with E-state index in [4.69, 9.17) is 32.8 Å². The summed E-state index contributed by atoms with van der Waals surface area (Å²) in [5.41, 5.74) is 0.658. The first kappa shape index (κ1) is 21.1. The van der Waals surface area contributed by atoms with Crippen molar-refractivity contribution in [1.29, 1.82) is 0 Å². The number of nitrogens with zero attached hydrogens (tertiary/aromatic N) is 5. The second-order valence-electron chi connectivity index (χ2n) is 14.5. The van der Waals surface area contributed by atoms with Crippen LogP contribution in [0.25, 0.3) is 120 Å². The molecule has 0 N–H and O–H groups in total. The summed E-state index contributed by atoms with van der Waals surface area (Å²) in [5, 5.41) is 0.857. The van der Waals surface area contributed by atoms with Gasteiger partial charge < -0.3 is 0 Å². The maximum Gasteiger partial charge on any atom is 0.240 e. The highest BCUT2D eigenvalue weighted by atomic mass is 32.1. The lowest BCUT2D eigenvalue weighted by atomic mass is 9.98. The molecule has 0 unspecified atom stereocenters. The van der Waals surface area contributed by atoms with E-state index >= 15 is 0 Å². The van der Waals surface area contributed by atoms with Gasteiger partial charge in [0.25, 0.3) is 0 Å². The highest BCUT2D eigenvalue weighted by Gasteiger charge is 2.21. The van der Waals surface area contributed by atoms with E-state index in [1.54, 1.807) is 29.5 Å². The van der Waals surface area contributed by atoms with Crippen molar-refractivity contribution in [2.75, 3.05) is 0 Å². The molecule has 4 aromatic heterocycles. The fourth-order valence-electron chi connectivity index (χ4n) is 8.17. The van der Waals surface area contributed by atoms with Crippen LogP contribution in [0.2, 0.25) is 0 Å². The van der Waals surface area contributed by atoms with Gasteiger partial charge in [-0.2, -0.15) is 15.0 Å². The van der Waals surface area contributed by atoms with Gasteiger partial charge in [-0.3, -0.25) is 9.13 Å². The minimum atomic E-state index is -0.822. The smallest absolute Gasteiger partial charge is 0.240 e. The lowest BCUT2D eigenvalue weighted by Crippen LogP contribution is -2.10. The number of hydrogen-bond acceptors (Lipinski definition) is 4. The summed E-state index contributed by atoms with van der Waals surface area (Å²) in [6.07, 6.45) is 0. The van der Waals surface area contributed by atoms with Gasteiger partial charge in [0.2, 0.25) is 11.9 Å². The first-order valence-corrected chi connectivity index (χ1v) is 20.4. The van der Waals surface area contributed by atoms with Crippen LogP contribution < -0.4 is 0 Å². The predicted octanol–water partition coefficient (Wildman–Crippen LogP) is 15.1. The minimum Gasteiger partial charge on any atom is -0.278 e. The van der Waals surface area contributed by atoms with Gasteiger partial charge in [0.1, 0.15) is 0 Å². The molecule has 4 heterocycles. The van der Waals surface area contributed by atoms with E-state index in [-0.39, 0.29) is 38.6 Å². The maximum absolute atomic E-state index is 9.93. The highest BCUT2D eigenvalue weighted by Crippen LogP contribution is 2.41. The third kappa shape index (κ3) is 5.73. The van der Waals surface area contributed by atoms with E-state index in [0.29, 0.717) is 5.56 Å². The Morgan fingerprint density at radius 1 is 0.381 bits per heavy atom. The van der Waals surface area contributed by atoms with Crippen molar-refractivity contribution in [3.8, 4) is 56.7 Å². The molecule has 6 heteroatoms. The highest BCUT2D eigenvalue weighted by molar-refractivity contribution is 7.26. The molecular formula is C57H35N5S. The number of fused-ring (bicyclic) bond motifs is 9. The van der Waals surface area contributed by atoms with Crippen molar-refractivity contribution in [2.24, 2.45) is 0 Å². The summed E-state index contributed by atoms with van der Waals surface area (Å²) in [6, 6.07) is 14.1. The van der Waals surface area contributed by atoms with E-state index < -0.39 is 160 Å². The summed E-state index contributed by atoms with van der Waals surface area (Å²) < 4.78 is 184. The number of benzene rings is 9. The van der Waals surface area contributed by atoms with Crippen molar-refractivity contribution in [3.63, 3.8) is 0 Å². The fraction of sp³-hybridized carbons (Fsp3) is 0. The van der Waals surface area contributed by atoms with E-state index in [0.717, 1.165) is 46.0 Å². The third-order valence-corrected chi connectivity index (χ3v) is 12.2. The number of aromatic nitrogens is 5. The van der Waals surface area contributed by atoms with E-state index in [2.05, 4.69) is 24.3 Å². The lowest BCUT2D eigenvalue weighted by molar-refractivity contribution is 0.893. The average Bonchev–Trinajstić information content (AvgIpc) is 1.92. The van der Waals surface area contributed by atoms with Crippen LogP contribution in [-0.4, -0.2) is 24.1 Å². The third-order valence-electron chi connectivity index (χ3n) is 11.0. The Morgan fingerprint density at radius 3 is 1.67 bits per heavy atom. The Morgan fingerprint density at radius 2 is 0.952 bits per heavy atom. The first-order valence-electron chi connectivity index (χ1n) is 29.6. The molecule has 0 aliphatic rings. The van der Waals surface area contributed by atoms with Gasteiger partial charge in [-0.25, -0.2) is 0 Å². The summed E-state index contributed by atoms with van der Waals surface area (Å²) in [5.74, 6) is -1.37. The zero-order chi connectivity index (χ0) is 58.8. The largest absolute Gasteiger partial charge is 0.278 e. The molecule has 294 valence electrons. The lowest BCUT2D eigenvalue weighted by Gasteiger charge is -2.13. The molecule has 0 aliphatic carbocycles. The quantitative estimate of drug-likeness (QED) is 0.168. The molecule has 63 heavy (non-hydrogen) atoms. The van der Waals surface area contributed by atoms with Crippen molar-refractivity contribution >= 4 is 75.1 Å². The Kier molecular flexibility index (Phi) is 4.75. The number of rotatable bonds is 6. The van der Waals surface area contributed by atoms with Crippen molar-refractivity contribution in [3.05, 3.63) is 212 Å². The van der Waals surface area contributed by atoms with E-state index in [1.165, 1.54) is 0 Å². The van der Waals surface area contributed by atoms with Crippen molar-refractivity contribution < 1.29 is 27.4 Å². The van der Waals surface area contributed by atoms with Gasteiger partial charge in [-0.15, -0.1) is 11.3 Å². The number of thiophene rings is 1. The first-order chi connectivity index (χ1) is 39.5. The zero-order valence-corrected chi connectivity index (χ0v) is 33.1. The van der Waals surface area contributed by atoms with Crippen LogP contribution in [0.5, 0.6) is 0 Å². The molecule has 0 radical (unpaired) electrons. The number of hydrogen-bond donors (Lipinski definition) is 0. The molecule has 13 rings (SSSR count). The molecule has 0 saturated heterocycles. The van der Waals surface area contributed by atoms with Crippen molar-refractivity contribution in [2.45, 2.75) is 0 Å². The molecule has 9 aromatic carbocycles. The fourth-order valence-corrected chi connectivity index (χ4v) is 9.41. The molecular weight excluding hydrogens is 787 g/mol. The minimum absolute atomic E-state index is 0.229. The summed E-state index contributed by atoms with van der Waals surface area (Å²) >= 11 is 1.70. The molecule has 0 aliphatic heterocycles. The maximum atomic E-state index is 9.93. The molecule has 0 bridgehead atoms. The van der Waals surface area contributed by atoms with Crippen LogP contribution in [0.15, 0.2) is 212 Å². The average molecular weight is 842 g/mol. The standard InChI is InChI=1S/C57H35N5S/c1-2-14-36(15-3-1)40-32-33-46-45-20-6-10-26-51(45)62(52(46)35-40)57-59-55(58-56(60-57)61-49-24-8-4-18-43(49)44-19-5-9-25-50(44)61)41-17-12-16-39(34-41)37-28-30-38(31-29-37)42-22-13-23-48-47-21-7-11-27-53(47)63-54(42)48/h1-35H/i1D,2D,3D,4D,5D,6D,8D,9D,10D,14D,15D,18D,19D,20D,24D,25D,26D,32D,33D,35D. The molecule has 0 atom stereocenters. The Hall–Kier alpha value is -8.19. The normalized spacial score (nSPS) is 16.3. The molecule has 0 saturated carbocycles.